The van der Waals surface area contributed by atoms with Crippen molar-refractivity contribution in [2.75, 3.05) is 19.6 Å². The van der Waals surface area contributed by atoms with Gasteiger partial charge in [-0.2, -0.15) is 5.26 Å². The summed E-state index contributed by atoms with van der Waals surface area (Å²) in [6.07, 6.45) is 5.57. The topological polar surface area (TPSA) is 56.1 Å². The number of aryl methyl sites for hydroxylation is 1. The van der Waals surface area contributed by atoms with Gasteiger partial charge in [0.2, 0.25) is 0 Å². The molecule has 1 fully saturated rings. The highest BCUT2D eigenvalue weighted by Crippen LogP contribution is 2.17. The van der Waals surface area contributed by atoms with Gasteiger partial charge in [0, 0.05) is 25.8 Å². The highest BCUT2D eigenvalue weighted by Gasteiger charge is 2.22. The number of nitriles is 1. The van der Waals surface area contributed by atoms with Gasteiger partial charge in [-0.15, -0.1) is 0 Å². The minimum Gasteiger partial charge on any atom is -0.390 e. The van der Waals surface area contributed by atoms with Gasteiger partial charge in [-0.05, 0) is 37.2 Å². The van der Waals surface area contributed by atoms with Crippen molar-refractivity contribution in [2.45, 2.75) is 32.6 Å². The van der Waals surface area contributed by atoms with Gasteiger partial charge in [-0.1, -0.05) is 37.3 Å². The summed E-state index contributed by atoms with van der Waals surface area (Å²) in [6.45, 7) is 4.47. The van der Waals surface area contributed by atoms with E-state index in [1.807, 2.05) is 24.3 Å². The van der Waals surface area contributed by atoms with Gasteiger partial charge in [0.05, 0.1) is 0 Å². The fraction of sp³-hybridized carbons (Fsp3) is 0.474. The average molecular weight is 311 g/mol. The molecule has 1 aliphatic rings. The number of carbonyl (C=O) groups is 1. The normalized spacial score (nSPS) is 16.0. The molecule has 1 aromatic rings. The largest absolute Gasteiger partial charge is 0.390 e. The second kappa shape index (κ2) is 8.99. The maximum absolute atomic E-state index is 12.3. The highest BCUT2D eigenvalue weighted by molar-refractivity contribution is 5.97. The maximum Gasteiger partial charge on any atom is 0.265 e. The van der Waals surface area contributed by atoms with E-state index in [0.717, 1.165) is 45.3 Å². The lowest BCUT2D eigenvalue weighted by molar-refractivity contribution is -0.128. The predicted octanol–water partition coefficient (Wildman–Crippen LogP) is 2.87. The quantitative estimate of drug-likeness (QED) is 0.499. The van der Waals surface area contributed by atoms with Gasteiger partial charge in [-0.25, -0.2) is 0 Å². The van der Waals surface area contributed by atoms with Gasteiger partial charge < -0.3 is 10.2 Å². The molecular weight excluding hydrogens is 286 g/mol. The van der Waals surface area contributed by atoms with E-state index in [0.29, 0.717) is 5.92 Å². The first-order valence-corrected chi connectivity index (χ1v) is 8.37. The first-order valence-electron chi connectivity index (χ1n) is 8.37. The summed E-state index contributed by atoms with van der Waals surface area (Å²) in [5.41, 5.74) is 1.51. The Hall–Kier alpha value is -2.28. The molecule has 1 aromatic carbocycles. The molecular formula is C19H25N3O. The van der Waals surface area contributed by atoms with Crippen molar-refractivity contribution in [3.8, 4) is 6.07 Å². The van der Waals surface area contributed by atoms with E-state index in [2.05, 4.69) is 24.4 Å². The lowest BCUT2D eigenvalue weighted by Gasteiger charge is -2.30. The molecule has 1 saturated heterocycles. The second-order valence-corrected chi connectivity index (χ2v) is 6.19. The Bertz CT molecular complexity index is 566. The number of hydrogen-bond donors (Lipinski definition) is 1. The zero-order valence-electron chi connectivity index (χ0n) is 13.8. The van der Waals surface area contributed by atoms with Crippen molar-refractivity contribution in [1.82, 2.24) is 10.2 Å². The molecule has 122 valence electrons. The summed E-state index contributed by atoms with van der Waals surface area (Å²) in [7, 11) is 0. The van der Waals surface area contributed by atoms with Crippen LogP contribution in [0.1, 0.15) is 31.7 Å². The van der Waals surface area contributed by atoms with E-state index in [1.165, 1.54) is 5.56 Å². The molecule has 1 amide bonds. The first-order chi connectivity index (χ1) is 11.2. The van der Waals surface area contributed by atoms with E-state index in [1.54, 1.807) is 11.1 Å². The number of nitrogens with zero attached hydrogens (tertiary/aromatic N) is 2. The average Bonchev–Trinajstić information content (AvgIpc) is 2.59. The summed E-state index contributed by atoms with van der Waals surface area (Å²) in [5.74, 6) is 0.527. The second-order valence-electron chi connectivity index (χ2n) is 6.19. The van der Waals surface area contributed by atoms with Gasteiger partial charge in [0.25, 0.3) is 5.91 Å². The molecule has 1 aliphatic heterocycles. The number of carbonyl (C=O) groups excluding carboxylic acids is 1. The minimum absolute atomic E-state index is 0.144. The fourth-order valence-corrected chi connectivity index (χ4v) is 2.74. The Morgan fingerprint density at radius 3 is 2.70 bits per heavy atom. The molecule has 0 unspecified atom stereocenters. The molecule has 0 saturated carbocycles. The zero-order valence-corrected chi connectivity index (χ0v) is 13.8. The van der Waals surface area contributed by atoms with Crippen molar-refractivity contribution in [1.29, 1.82) is 5.26 Å². The van der Waals surface area contributed by atoms with Gasteiger partial charge >= 0.3 is 0 Å². The number of amides is 1. The van der Waals surface area contributed by atoms with Gasteiger partial charge in [0.1, 0.15) is 11.6 Å². The summed E-state index contributed by atoms with van der Waals surface area (Å²) in [4.78, 5) is 14.1. The standard InChI is InChI=1S/C19H25N3O/c1-16-9-12-22(13-10-16)19(23)18(14-20)15-21-11-5-8-17-6-3-2-4-7-17/h2-4,6-7,15-16,21H,5,8-13H2,1H3/b18-15-. The lowest BCUT2D eigenvalue weighted by atomic mass is 9.99. The molecule has 0 radical (unpaired) electrons. The van der Waals surface area contributed by atoms with E-state index in [9.17, 15) is 10.1 Å². The number of likely N-dealkylation sites (tertiary alicyclic amines) is 1. The zero-order chi connectivity index (χ0) is 16.5. The number of piperidine rings is 1. The summed E-state index contributed by atoms with van der Waals surface area (Å²) in [5, 5.41) is 12.3. The van der Waals surface area contributed by atoms with E-state index < -0.39 is 0 Å². The van der Waals surface area contributed by atoms with E-state index in [-0.39, 0.29) is 11.5 Å². The molecule has 4 nitrogen and oxygen atoms in total. The van der Waals surface area contributed by atoms with Crippen molar-refractivity contribution >= 4 is 5.91 Å². The van der Waals surface area contributed by atoms with Crippen LogP contribution >= 0.6 is 0 Å². The molecule has 23 heavy (non-hydrogen) atoms. The third-order valence-corrected chi connectivity index (χ3v) is 4.30. The van der Waals surface area contributed by atoms with Crippen LogP contribution in [0.15, 0.2) is 42.1 Å². The summed E-state index contributed by atoms with van der Waals surface area (Å²) < 4.78 is 0. The Balaban J connectivity index is 1.75. The van der Waals surface area contributed by atoms with Gasteiger partial charge in [-0.3, -0.25) is 4.79 Å². The SMILES string of the molecule is CC1CCN(C(=O)/C(C#N)=C\NCCCc2ccccc2)CC1. The molecule has 4 heteroatoms. The van der Waals surface area contributed by atoms with Crippen molar-refractivity contribution < 1.29 is 4.79 Å². The van der Waals surface area contributed by atoms with Crippen molar-refractivity contribution in [2.24, 2.45) is 5.92 Å². The van der Waals surface area contributed by atoms with Crippen LogP contribution in [0.2, 0.25) is 0 Å². The minimum atomic E-state index is -0.144. The maximum atomic E-state index is 12.3. The van der Waals surface area contributed by atoms with Crippen molar-refractivity contribution in [3.05, 3.63) is 47.7 Å². The van der Waals surface area contributed by atoms with E-state index in [4.69, 9.17) is 0 Å². The summed E-state index contributed by atoms with van der Waals surface area (Å²) in [6, 6.07) is 12.3. The molecule has 0 atom stereocenters. The number of rotatable bonds is 6. The van der Waals surface area contributed by atoms with Crippen LogP contribution in [-0.2, 0) is 11.2 Å². The monoisotopic (exact) mass is 311 g/mol. The Morgan fingerprint density at radius 1 is 1.35 bits per heavy atom. The van der Waals surface area contributed by atoms with Crippen LogP contribution in [0.3, 0.4) is 0 Å². The molecule has 0 aliphatic carbocycles. The predicted molar refractivity (Wildman–Crippen MR) is 91.4 cm³/mol. The van der Waals surface area contributed by atoms with Crippen LogP contribution in [0.25, 0.3) is 0 Å². The third-order valence-electron chi connectivity index (χ3n) is 4.30. The van der Waals surface area contributed by atoms with Crippen LogP contribution in [0.4, 0.5) is 0 Å². The molecule has 0 bridgehead atoms. The number of benzene rings is 1. The van der Waals surface area contributed by atoms with Crippen LogP contribution in [0, 0.1) is 17.2 Å². The Labute approximate surface area is 138 Å². The Morgan fingerprint density at radius 2 is 2.04 bits per heavy atom. The van der Waals surface area contributed by atoms with Crippen molar-refractivity contribution in [3.63, 3.8) is 0 Å². The molecule has 2 rings (SSSR count). The highest BCUT2D eigenvalue weighted by atomic mass is 16.2. The summed E-state index contributed by atoms with van der Waals surface area (Å²) >= 11 is 0. The number of hydrogen-bond acceptors (Lipinski definition) is 3. The van der Waals surface area contributed by atoms with E-state index >= 15 is 0 Å². The first kappa shape index (κ1) is 17.1. The third kappa shape index (κ3) is 5.45. The van der Waals surface area contributed by atoms with Gasteiger partial charge in [0.15, 0.2) is 0 Å². The number of nitrogens with one attached hydrogen (secondary N) is 1. The van der Waals surface area contributed by atoms with Crippen LogP contribution in [-0.4, -0.2) is 30.4 Å². The van der Waals surface area contributed by atoms with Crippen LogP contribution < -0.4 is 5.32 Å². The lowest BCUT2D eigenvalue weighted by Crippen LogP contribution is -2.38. The fourth-order valence-electron chi connectivity index (χ4n) is 2.74. The molecule has 1 N–H and O–H groups in total. The molecule has 0 spiro atoms. The van der Waals surface area contributed by atoms with Crippen LogP contribution in [0.5, 0.6) is 0 Å². The molecule has 1 heterocycles. The smallest absolute Gasteiger partial charge is 0.265 e. The Kier molecular flexibility index (Phi) is 6.68. The molecule has 0 aromatic heterocycles.